The summed E-state index contributed by atoms with van der Waals surface area (Å²) in [5.74, 6) is 0. The second kappa shape index (κ2) is 6.43. The summed E-state index contributed by atoms with van der Waals surface area (Å²) in [4.78, 5) is 11.0. The van der Waals surface area contributed by atoms with Crippen LogP contribution in [0.25, 0.3) is 11.0 Å². The number of anilines is 1. The van der Waals surface area contributed by atoms with Crippen LogP contribution >= 0.6 is 23.4 Å². The number of aromatic amines is 1. The second-order valence-corrected chi connectivity index (χ2v) is 6.97. The topological polar surface area (TPSA) is 41.1 Å². The van der Waals surface area contributed by atoms with Gasteiger partial charge in [-0.3, -0.25) is 0 Å². The molecule has 1 aromatic heterocycles. The van der Waals surface area contributed by atoms with E-state index in [4.69, 9.17) is 16.3 Å². The van der Waals surface area contributed by atoms with Crippen LogP contribution in [0, 0.1) is 6.61 Å². The zero-order valence-corrected chi connectivity index (χ0v) is 13.8. The summed E-state index contributed by atoms with van der Waals surface area (Å²) < 4.78 is 5.57. The monoisotopic (exact) mass is 344 g/mol. The van der Waals surface area contributed by atoms with Crippen molar-refractivity contribution in [2.45, 2.75) is 10.3 Å². The van der Waals surface area contributed by atoms with Gasteiger partial charge in [-0.15, -0.1) is 0 Å². The molecule has 1 aliphatic rings. The Labute approximate surface area is 143 Å². The van der Waals surface area contributed by atoms with E-state index in [-0.39, 0.29) is 5.37 Å². The van der Waals surface area contributed by atoms with Crippen molar-refractivity contribution in [3.63, 3.8) is 0 Å². The summed E-state index contributed by atoms with van der Waals surface area (Å²) in [7, 11) is 0. The first-order valence-corrected chi connectivity index (χ1v) is 8.61. The van der Waals surface area contributed by atoms with E-state index in [2.05, 4.69) is 33.1 Å². The zero-order chi connectivity index (χ0) is 15.6. The van der Waals surface area contributed by atoms with Gasteiger partial charge in [0.2, 0.25) is 0 Å². The Kier molecular flexibility index (Phi) is 4.16. The quantitative estimate of drug-likeness (QED) is 0.767. The number of thioether (sulfide) groups is 1. The Morgan fingerprint density at radius 2 is 2.09 bits per heavy atom. The van der Waals surface area contributed by atoms with Crippen molar-refractivity contribution in [3.8, 4) is 0 Å². The Bertz CT molecular complexity index is 805. The van der Waals surface area contributed by atoms with Crippen LogP contribution in [-0.2, 0) is 4.74 Å². The molecule has 1 aliphatic heterocycles. The molecule has 1 fully saturated rings. The van der Waals surface area contributed by atoms with E-state index >= 15 is 0 Å². The molecule has 0 amide bonds. The van der Waals surface area contributed by atoms with Crippen molar-refractivity contribution in [3.05, 3.63) is 60.4 Å². The number of hydrogen-bond donors (Lipinski definition) is 1. The summed E-state index contributed by atoms with van der Waals surface area (Å²) in [5.41, 5.74) is 3.17. The number of halogens is 1. The van der Waals surface area contributed by atoms with Crippen LogP contribution in [-0.4, -0.2) is 28.5 Å². The highest BCUT2D eigenvalue weighted by Gasteiger charge is 2.25. The van der Waals surface area contributed by atoms with Gasteiger partial charge in [-0.25, -0.2) is 4.98 Å². The molecule has 6 heteroatoms. The highest BCUT2D eigenvalue weighted by Crippen LogP contribution is 2.33. The first kappa shape index (κ1) is 14.9. The van der Waals surface area contributed by atoms with Gasteiger partial charge in [-0.1, -0.05) is 23.4 Å². The summed E-state index contributed by atoms with van der Waals surface area (Å²) in [5, 5.41) is 0.959. The Balaban J connectivity index is 1.60. The van der Waals surface area contributed by atoms with Gasteiger partial charge in [0.05, 0.1) is 24.0 Å². The molecule has 1 saturated heterocycles. The maximum absolute atomic E-state index is 5.96. The van der Waals surface area contributed by atoms with Crippen LogP contribution < -0.4 is 4.90 Å². The molecule has 23 heavy (non-hydrogen) atoms. The number of H-pyrrole nitrogens is 1. The Morgan fingerprint density at radius 1 is 1.22 bits per heavy atom. The predicted molar refractivity (Wildman–Crippen MR) is 94.8 cm³/mol. The number of fused-ring (bicyclic) bond motifs is 1. The third kappa shape index (κ3) is 3.17. The van der Waals surface area contributed by atoms with Crippen LogP contribution in [0.3, 0.4) is 0 Å². The van der Waals surface area contributed by atoms with E-state index in [1.807, 2.05) is 30.9 Å². The van der Waals surface area contributed by atoms with Crippen molar-refractivity contribution in [2.75, 3.05) is 18.1 Å². The summed E-state index contributed by atoms with van der Waals surface area (Å²) in [6.45, 7) is 3.25. The maximum Gasteiger partial charge on any atom is 0.103 e. The van der Waals surface area contributed by atoms with Gasteiger partial charge >= 0.3 is 0 Å². The molecule has 1 N–H and O–H groups in total. The van der Waals surface area contributed by atoms with E-state index in [9.17, 15) is 0 Å². The van der Waals surface area contributed by atoms with Gasteiger partial charge in [0.1, 0.15) is 12.0 Å². The number of rotatable bonds is 3. The number of aromatic nitrogens is 2. The number of hydrogen-bond acceptors (Lipinski definition) is 4. The minimum atomic E-state index is 0.206. The predicted octanol–water partition coefficient (Wildman–Crippen LogP) is 4.33. The molecule has 2 aromatic carbocycles. The Hall–Kier alpha value is -1.69. The highest BCUT2D eigenvalue weighted by molar-refractivity contribution is 8.00. The van der Waals surface area contributed by atoms with Crippen molar-refractivity contribution < 1.29 is 4.74 Å². The largest absolute Gasteiger partial charge is 0.371 e. The number of imidazole rings is 1. The summed E-state index contributed by atoms with van der Waals surface area (Å²) >= 11 is 7.74. The van der Waals surface area contributed by atoms with Crippen LogP contribution in [0.15, 0.2) is 53.7 Å². The molecular weight excluding hydrogens is 330 g/mol. The van der Waals surface area contributed by atoms with Gasteiger partial charge < -0.3 is 14.6 Å². The number of nitrogens with zero attached hydrogens (tertiary/aromatic N) is 2. The average molecular weight is 345 g/mol. The zero-order valence-electron chi connectivity index (χ0n) is 12.3. The molecule has 0 aliphatic carbocycles. The van der Waals surface area contributed by atoms with Gasteiger partial charge in [-0.2, -0.15) is 0 Å². The smallest absolute Gasteiger partial charge is 0.103 e. The molecule has 1 radical (unpaired) electrons. The number of ether oxygens (including phenoxy) is 1. The lowest BCUT2D eigenvalue weighted by Gasteiger charge is -2.36. The van der Waals surface area contributed by atoms with Crippen molar-refractivity contribution >= 4 is 40.1 Å². The molecule has 2 heterocycles. The van der Waals surface area contributed by atoms with Crippen LogP contribution in [0.1, 0.15) is 0 Å². The van der Waals surface area contributed by atoms with E-state index in [0.29, 0.717) is 6.61 Å². The van der Waals surface area contributed by atoms with E-state index in [1.165, 1.54) is 4.90 Å². The molecule has 0 bridgehead atoms. The Morgan fingerprint density at radius 3 is 2.96 bits per heavy atom. The maximum atomic E-state index is 5.96. The molecule has 3 aromatic rings. The van der Waals surface area contributed by atoms with Gasteiger partial charge in [0.25, 0.3) is 0 Å². The lowest BCUT2D eigenvalue weighted by Crippen LogP contribution is -2.41. The van der Waals surface area contributed by atoms with E-state index in [1.54, 1.807) is 18.1 Å². The van der Waals surface area contributed by atoms with Gasteiger partial charge in [0, 0.05) is 22.2 Å². The van der Waals surface area contributed by atoms with Crippen molar-refractivity contribution in [2.24, 2.45) is 0 Å². The summed E-state index contributed by atoms with van der Waals surface area (Å²) in [6.07, 6.45) is 1.72. The fraction of sp³-hybridized carbons (Fsp3) is 0.176. The molecule has 4 nitrogen and oxygen atoms in total. The van der Waals surface area contributed by atoms with Crippen molar-refractivity contribution in [1.82, 2.24) is 9.97 Å². The number of morpholine rings is 1. The van der Waals surface area contributed by atoms with Gasteiger partial charge in [-0.05, 0) is 42.5 Å². The molecular formula is C17H15ClN3OS. The number of benzene rings is 2. The van der Waals surface area contributed by atoms with E-state index in [0.717, 1.165) is 28.3 Å². The summed E-state index contributed by atoms with van der Waals surface area (Å²) in [6, 6.07) is 14.2. The second-order valence-electron chi connectivity index (χ2n) is 5.28. The lowest BCUT2D eigenvalue weighted by molar-refractivity contribution is 0.172. The van der Waals surface area contributed by atoms with Crippen LogP contribution in [0.2, 0.25) is 5.02 Å². The molecule has 0 spiro atoms. The minimum Gasteiger partial charge on any atom is -0.371 e. The van der Waals surface area contributed by atoms with Crippen molar-refractivity contribution in [1.29, 1.82) is 0 Å². The molecule has 117 valence electrons. The first-order valence-electron chi connectivity index (χ1n) is 7.35. The third-order valence-electron chi connectivity index (χ3n) is 3.80. The fourth-order valence-electron chi connectivity index (χ4n) is 2.63. The average Bonchev–Trinajstić information content (AvgIpc) is 3.05. The molecule has 1 atom stereocenters. The SMILES string of the molecule is Clc1ccc(SC2CO[CH]CN2c2ccc3[nH]cnc3c2)cc1. The van der Waals surface area contributed by atoms with E-state index < -0.39 is 0 Å². The molecule has 1 unspecified atom stereocenters. The van der Waals surface area contributed by atoms with Crippen LogP contribution in [0.4, 0.5) is 5.69 Å². The third-order valence-corrected chi connectivity index (χ3v) is 5.26. The minimum absolute atomic E-state index is 0.206. The normalized spacial score (nSPS) is 18.5. The van der Waals surface area contributed by atoms with Gasteiger partial charge in [0.15, 0.2) is 0 Å². The number of nitrogens with one attached hydrogen (secondary N) is 1. The molecule has 4 rings (SSSR count). The fourth-order valence-corrected chi connectivity index (χ4v) is 3.84. The molecule has 0 saturated carbocycles. The lowest BCUT2D eigenvalue weighted by atomic mass is 10.2. The highest BCUT2D eigenvalue weighted by atomic mass is 35.5. The van der Waals surface area contributed by atoms with Crippen LogP contribution in [0.5, 0.6) is 0 Å². The first-order chi connectivity index (χ1) is 11.3. The standard InChI is InChI=1S/C17H15ClN3OS/c18-12-1-4-14(5-2-12)23-17-10-22-8-7-21(17)13-3-6-15-16(9-13)20-11-19-15/h1-6,8-9,11,17H,7,10H2,(H,19,20).